The third kappa shape index (κ3) is 28.0. The summed E-state index contributed by atoms with van der Waals surface area (Å²) in [5, 5.41) is 32.5. The van der Waals surface area contributed by atoms with Gasteiger partial charge in [0.2, 0.25) is 35.4 Å². The minimum Gasteiger partial charge on any atom is -0.480 e. The lowest BCUT2D eigenvalue weighted by molar-refractivity contribution is -0.142. The molecule has 0 fully saturated rings. The fourth-order valence-corrected chi connectivity index (χ4v) is 7.00. The number of carboxylic acids is 1. The number of nitrogens with zero attached hydrogens (tertiary/aromatic N) is 2. The number of aliphatic imine (C=N–C) groups is 2. The second-order valence-corrected chi connectivity index (χ2v) is 16.5. The molecule has 6 amide bonds. The highest BCUT2D eigenvalue weighted by atomic mass is 16.4. The number of nitrogens with one attached hydrogen (secondary N) is 5. The molecule has 0 radical (unpaired) electrons. The van der Waals surface area contributed by atoms with Crippen molar-refractivity contribution in [3.63, 3.8) is 0 Å². The van der Waals surface area contributed by atoms with E-state index in [-0.39, 0.29) is 76.4 Å². The Kier molecular flexibility index (Phi) is 31.0. The molecule has 0 aliphatic rings. The van der Waals surface area contributed by atoms with Crippen molar-refractivity contribution >= 4 is 53.3 Å². The standard InChI is InChI=1S/C45H78N12O9/c1-2-3-4-5-6-7-8-9-10-11-12-13-17-24-38(60)53-33(25-26-37(46)59)40(62)54-32(22-18-27-51-44(47)48)39(61)56-35(29-31-20-15-14-16-21-31)41(63)57-36(30-58)42(64)55-34(43(65)66)23-19-28-52-45(49)50/h14-16,20-21,32-36,58H,2-13,17-19,22-30H2,1H3,(H2,46,59)(H,53,60)(H,54,62)(H,55,64)(H,56,61)(H,57,63)(H,65,66)(H4,47,48,51)(H4,49,50,52)/t32-,33-,34-,35-,36-/m0/s1. The van der Waals surface area contributed by atoms with Crippen LogP contribution in [0.15, 0.2) is 40.3 Å². The van der Waals surface area contributed by atoms with E-state index >= 15 is 0 Å². The molecule has 1 rings (SSSR count). The molecular weight excluding hydrogens is 853 g/mol. The molecule has 0 aromatic heterocycles. The molecular formula is C45H78N12O9. The first kappa shape index (κ1) is 58.0. The van der Waals surface area contributed by atoms with Crippen LogP contribution >= 0.6 is 0 Å². The number of aliphatic hydroxyl groups is 1. The Morgan fingerprint density at radius 1 is 0.515 bits per heavy atom. The van der Waals surface area contributed by atoms with Gasteiger partial charge in [-0.3, -0.25) is 38.8 Å². The Bertz CT molecular complexity index is 1670. The van der Waals surface area contributed by atoms with E-state index in [4.69, 9.17) is 28.7 Å². The van der Waals surface area contributed by atoms with Gasteiger partial charge in [0.1, 0.15) is 30.2 Å². The third-order valence-electron chi connectivity index (χ3n) is 10.7. The maximum atomic E-state index is 14.1. The number of unbranched alkanes of at least 4 members (excludes halogenated alkanes) is 12. The summed E-state index contributed by atoms with van der Waals surface area (Å²) < 4.78 is 0. The summed E-state index contributed by atoms with van der Waals surface area (Å²) in [5.74, 6) is -6.37. The Morgan fingerprint density at radius 2 is 0.939 bits per heavy atom. The average molecular weight is 931 g/mol. The van der Waals surface area contributed by atoms with Crippen molar-refractivity contribution in [3.8, 4) is 0 Å². The Hall–Kier alpha value is -5.99. The van der Waals surface area contributed by atoms with Crippen LogP contribution in [0.5, 0.6) is 0 Å². The number of hydrogen-bond donors (Lipinski definition) is 12. The highest BCUT2D eigenvalue weighted by Gasteiger charge is 2.32. The molecule has 0 aliphatic carbocycles. The molecule has 372 valence electrons. The SMILES string of the molecule is CCCCCCCCCCCCCCCC(=O)N[C@@H](CCC(N)=O)C(=O)N[C@@H](CCCN=C(N)N)C(=O)N[C@@H](Cc1ccccc1)C(=O)N[C@@H](CO)C(=O)N[C@@H](CCCN=C(N)N)C(=O)O. The molecule has 21 heteroatoms. The summed E-state index contributed by atoms with van der Waals surface area (Å²) in [4.78, 5) is 99.4. The summed E-state index contributed by atoms with van der Waals surface area (Å²) in [6, 6.07) is 1.58. The van der Waals surface area contributed by atoms with Crippen LogP contribution < -0.4 is 55.3 Å². The topological polar surface area (TPSA) is 375 Å². The predicted molar refractivity (Wildman–Crippen MR) is 253 cm³/mol. The van der Waals surface area contributed by atoms with Crippen LogP contribution in [0.3, 0.4) is 0 Å². The monoisotopic (exact) mass is 931 g/mol. The molecule has 0 bridgehead atoms. The van der Waals surface area contributed by atoms with Gasteiger partial charge in [-0.1, -0.05) is 114 Å². The van der Waals surface area contributed by atoms with Gasteiger partial charge in [-0.05, 0) is 44.1 Å². The normalized spacial score (nSPS) is 13.1. The van der Waals surface area contributed by atoms with Crippen LogP contribution in [0, 0.1) is 0 Å². The van der Waals surface area contributed by atoms with Crippen LogP contribution in [-0.2, 0) is 40.0 Å². The zero-order valence-electron chi connectivity index (χ0n) is 38.8. The average Bonchev–Trinajstić information content (AvgIpc) is 3.27. The molecule has 0 aliphatic heterocycles. The van der Waals surface area contributed by atoms with Crippen molar-refractivity contribution in [2.75, 3.05) is 19.7 Å². The summed E-state index contributed by atoms with van der Waals surface area (Å²) in [7, 11) is 0. The lowest BCUT2D eigenvalue weighted by Crippen LogP contribution is -2.60. The highest BCUT2D eigenvalue weighted by molar-refractivity contribution is 5.96. The number of primary amides is 1. The van der Waals surface area contributed by atoms with E-state index in [9.17, 15) is 43.8 Å². The van der Waals surface area contributed by atoms with Gasteiger partial charge in [-0.25, -0.2) is 4.79 Å². The van der Waals surface area contributed by atoms with Crippen molar-refractivity contribution in [3.05, 3.63) is 35.9 Å². The summed E-state index contributed by atoms with van der Waals surface area (Å²) in [6.45, 7) is 1.47. The second-order valence-electron chi connectivity index (χ2n) is 16.5. The molecule has 1 aromatic rings. The minimum atomic E-state index is -1.63. The van der Waals surface area contributed by atoms with Gasteiger partial charge < -0.3 is 65.5 Å². The number of rotatable bonds is 38. The number of aliphatic carboxylic acids is 1. The summed E-state index contributed by atoms with van der Waals surface area (Å²) in [5.41, 5.74) is 27.6. The minimum absolute atomic E-state index is 0.0368. The van der Waals surface area contributed by atoms with Gasteiger partial charge in [0.15, 0.2) is 11.9 Å². The number of amides is 6. The van der Waals surface area contributed by atoms with E-state index in [0.717, 1.165) is 25.7 Å². The molecule has 66 heavy (non-hydrogen) atoms. The summed E-state index contributed by atoms with van der Waals surface area (Å²) in [6.07, 6.45) is 14.7. The predicted octanol–water partition coefficient (Wildman–Crippen LogP) is 0.584. The zero-order valence-corrected chi connectivity index (χ0v) is 38.8. The van der Waals surface area contributed by atoms with Crippen molar-refractivity contribution in [1.82, 2.24) is 26.6 Å². The number of hydrogen-bond acceptors (Lipinski definition) is 10. The summed E-state index contributed by atoms with van der Waals surface area (Å²) >= 11 is 0. The number of carboxylic acid groups (broad SMARTS) is 1. The van der Waals surface area contributed by atoms with Crippen LogP contribution in [0.4, 0.5) is 0 Å². The molecule has 0 saturated carbocycles. The van der Waals surface area contributed by atoms with E-state index < -0.39 is 78.2 Å². The fourth-order valence-electron chi connectivity index (χ4n) is 7.00. The first-order valence-corrected chi connectivity index (χ1v) is 23.3. The van der Waals surface area contributed by atoms with E-state index in [1.807, 2.05) is 0 Å². The molecule has 1 aromatic carbocycles. The maximum absolute atomic E-state index is 14.1. The largest absolute Gasteiger partial charge is 0.480 e. The van der Waals surface area contributed by atoms with Gasteiger partial charge in [-0.15, -0.1) is 0 Å². The van der Waals surface area contributed by atoms with Gasteiger partial charge in [-0.2, -0.15) is 0 Å². The number of benzene rings is 1. The Morgan fingerprint density at radius 3 is 1.42 bits per heavy atom. The number of guanidine groups is 2. The van der Waals surface area contributed by atoms with E-state index in [2.05, 4.69) is 43.5 Å². The quantitative estimate of drug-likeness (QED) is 0.0246. The van der Waals surface area contributed by atoms with Gasteiger partial charge in [0.05, 0.1) is 6.61 Å². The highest BCUT2D eigenvalue weighted by Crippen LogP contribution is 2.14. The van der Waals surface area contributed by atoms with Crippen LogP contribution in [-0.4, -0.2) is 113 Å². The van der Waals surface area contributed by atoms with Crippen molar-refractivity contribution in [2.45, 2.75) is 172 Å². The number of aliphatic hydroxyl groups excluding tert-OH is 1. The van der Waals surface area contributed by atoms with Crippen molar-refractivity contribution in [2.24, 2.45) is 38.7 Å². The van der Waals surface area contributed by atoms with Crippen LogP contribution in [0.25, 0.3) is 0 Å². The molecule has 21 nitrogen and oxygen atoms in total. The van der Waals surface area contributed by atoms with Crippen molar-refractivity contribution < 1.29 is 43.8 Å². The molecule has 0 heterocycles. The Labute approximate surface area is 389 Å². The van der Waals surface area contributed by atoms with Gasteiger partial charge in [0, 0.05) is 32.4 Å². The molecule has 0 unspecified atom stereocenters. The lowest BCUT2D eigenvalue weighted by Gasteiger charge is -2.26. The fraction of sp³-hybridized carbons (Fsp3) is 0.667. The third-order valence-corrected chi connectivity index (χ3v) is 10.7. The first-order chi connectivity index (χ1) is 31.6. The molecule has 17 N–H and O–H groups in total. The van der Waals surface area contributed by atoms with E-state index in [1.54, 1.807) is 30.3 Å². The molecule has 0 spiro atoms. The van der Waals surface area contributed by atoms with E-state index in [1.165, 1.54) is 51.4 Å². The zero-order chi connectivity index (χ0) is 49.1. The second kappa shape index (κ2) is 35.3. The smallest absolute Gasteiger partial charge is 0.326 e. The van der Waals surface area contributed by atoms with Gasteiger partial charge >= 0.3 is 5.97 Å². The lowest BCUT2D eigenvalue weighted by atomic mass is 10.0. The number of carbonyl (C=O) groups is 7. The molecule has 0 saturated heterocycles. The van der Waals surface area contributed by atoms with Crippen LogP contribution in [0.2, 0.25) is 0 Å². The van der Waals surface area contributed by atoms with Crippen LogP contribution in [0.1, 0.15) is 141 Å². The van der Waals surface area contributed by atoms with E-state index in [0.29, 0.717) is 12.0 Å². The molecule has 5 atom stereocenters. The first-order valence-electron chi connectivity index (χ1n) is 23.3. The Balaban J connectivity index is 3.12. The number of carbonyl (C=O) groups excluding carboxylic acids is 6. The maximum Gasteiger partial charge on any atom is 0.326 e. The number of nitrogens with two attached hydrogens (primary N) is 5. The van der Waals surface area contributed by atoms with Gasteiger partial charge in [0.25, 0.3) is 0 Å². The van der Waals surface area contributed by atoms with Crippen molar-refractivity contribution in [1.29, 1.82) is 0 Å².